The predicted octanol–water partition coefficient (Wildman–Crippen LogP) is 2.50. The Morgan fingerprint density at radius 3 is 2.59 bits per heavy atom. The Kier molecular flexibility index (Phi) is 5.71. The molecule has 0 spiro atoms. The van der Waals surface area contributed by atoms with Gasteiger partial charge in [0.25, 0.3) is 0 Å². The topological polar surface area (TPSA) is 78.4 Å². The third-order valence-corrected chi connectivity index (χ3v) is 3.29. The van der Waals surface area contributed by atoms with Gasteiger partial charge < -0.3 is 15.3 Å². The monoisotopic (exact) mass is 300 g/mol. The van der Waals surface area contributed by atoms with Gasteiger partial charge in [-0.25, -0.2) is 14.8 Å². The lowest BCUT2D eigenvalue weighted by Crippen LogP contribution is -2.19. The molecule has 0 bridgehead atoms. The molecule has 2 N–H and O–H groups in total. The molecular formula is C16H20N4O2. The van der Waals surface area contributed by atoms with E-state index in [1.807, 2.05) is 18.2 Å². The summed E-state index contributed by atoms with van der Waals surface area (Å²) in [6.07, 6.45) is 4.76. The molecular weight excluding hydrogens is 280 g/mol. The van der Waals surface area contributed by atoms with Gasteiger partial charge >= 0.3 is 5.97 Å². The van der Waals surface area contributed by atoms with Gasteiger partial charge in [-0.15, -0.1) is 0 Å². The molecule has 22 heavy (non-hydrogen) atoms. The molecule has 1 aromatic heterocycles. The van der Waals surface area contributed by atoms with Crippen LogP contribution in [0.4, 0.5) is 11.5 Å². The van der Waals surface area contributed by atoms with Gasteiger partial charge in [-0.05, 0) is 25.0 Å². The third kappa shape index (κ3) is 4.73. The van der Waals surface area contributed by atoms with Crippen LogP contribution in [0.3, 0.4) is 0 Å². The fourth-order valence-corrected chi connectivity index (χ4v) is 2.03. The van der Waals surface area contributed by atoms with Crippen molar-refractivity contribution < 1.29 is 9.90 Å². The lowest BCUT2D eigenvalue weighted by molar-refractivity contribution is 0.0690. The van der Waals surface area contributed by atoms with Crippen LogP contribution in [0.25, 0.3) is 0 Å². The molecule has 0 fully saturated rings. The highest BCUT2D eigenvalue weighted by atomic mass is 16.4. The maximum atomic E-state index is 10.7. The van der Waals surface area contributed by atoms with Crippen LogP contribution in [0.5, 0.6) is 0 Å². The van der Waals surface area contributed by atoms with Gasteiger partial charge in [-0.1, -0.05) is 18.2 Å². The number of aromatic carboxylic acids is 1. The maximum absolute atomic E-state index is 10.7. The summed E-state index contributed by atoms with van der Waals surface area (Å²) in [6, 6.07) is 10.3. The Morgan fingerprint density at radius 2 is 1.95 bits per heavy atom. The van der Waals surface area contributed by atoms with E-state index in [1.54, 1.807) is 0 Å². The number of unbranched alkanes of at least 4 members (excludes halogenated alkanes) is 1. The van der Waals surface area contributed by atoms with E-state index in [0.717, 1.165) is 25.9 Å². The Morgan fingerprint density at radius 1 is 1.18 bits per heavy atom. The van der Waals surface area contributed by atoms with Gasteiger partial charge in [0.2, 0.25) is 0 Å². The second kappa shape index (κ2) is 7.97. The Hall–Kier alpha value is -2.63. The van der Waals surface area contributed by atoms with E-state index in [1.165, 1.54) is 18.1 Å². The number of anilines is 2. The highest BCUT2D eigenvalue weighted by Gasteiger charge is 2.04. The van der Waals surface area contributed by atoms with E-state index in [-0.39, 0.29) is 5.69 Å². The molecule has 0 amide bonds. The quantitative estimate of drug-likeness (QED) is 0.729. The number of hydrogen-bond acceptors (Lipinski definition) is 5. The van der Waals surface area contributed by atoms with E-state index in [4.69, 9.17) is 5.11 Å². The van der Waals surface area contributed by atoms with Crippen molar-refractivity contribution in [2.24, 2.45) is 0 Å². The van der Waals surface area contributed by atoms with Crippen LogP contribution in [0, 0.1) is 0 Å². The van der Waals surface area contributed by atoms with Gasteiger partial charge in [0, 0.05) is 25.8 Å². The molecule has 0 saturated carbocycles. The molecule has 0 aliphatic rings. The number of carboxylic acids is 1. The normalized spacial score (nSPS) is 10.2. The number of carboxylic acid groups (broad SMARTS) is 1. The minimum atomic E-state index is -1.07. The van der Waals surface area contributed by atoms with Crippen molar-refractivity contribution in [1.29, 1.82) is 0 Å². The summed E-state index contributed by atoms with van der Waals surface area (Å²) < 4.78 is 0. The van der Waals surface area contributed by atoms with Crippen molar-refractivity contribution >= 4 is 17.5 Å². The summed E-state index contributed by atoms with van der Waals surface area (Å²) in [5, 5.41) is 11.9. The van der Waals surface area contributed by atoms with Crippen LogP contribution in [-0.2, 0) is 0 Å². The predicted molar refractivity (Wildman–Crippen MR) is 86.4 cm³/mol. The van der Waals surface area contributed by atoms with Gasteiger partial charge in [0.1, 0.15) is 5.82 Å². The molecule has 6 heteroatoms. The van der Waals surface area contributed by atoms with Crippen LogP contribution in [-0.4, -0.2) is 41.2 Å². The molecule has 0 aliphatic heterocycles. The number of nitrogens with zero attached hydrogens (tertiary/aromatic N) is 3. The highest BCUT2D eigenvalue weighted by molar-refractivity contribution is 5.84. The van der Waals surface area contributed by atoms with Crippen molar-refractivity contribution in [3.8, 4) is 0 Å². The van der Waals surface area contributed by atoms with Crippen LogP contribution >= 0.6 is 0 Å². The highest BCUT2D eigenvalue weighted by Crippen LogP contribution is 2.11. The molecule has 0 aliphatic carbocycles. The minimum Gasteiger partial charge on any atom is -0.476 e. The van der Waals surface area contributed by atoms with Crippen LogP contribution < -0.4 is 10.2 Å². The van der Waals surface area contributed by atoms with E-state index >= 15 is 0 Å². The van der Waals surface area contributed by atoms with Crippen molar-refractivity contribution in [2.45, 2.75) is 12.8 Å². The molecule has 1 aromatic carbocycles. The fourth-order valence-electron chi connectivity index (χ4n) is 2.03. The Bertz CT molecular complexity index is 587. The lowest BCUT2D eigenvalue weighted by atomic mass is 10.2. The first-order valence-electron chi connectivity index (χ1n) is 7.22. The second-order valence-electron chi connectivity index (χ2n) is 4.98. The lowest BCUT2D eigenvalue weighted by Gasteiger charge is -2.19. The van der Waals surface area contributed by atoms with Crippen molar-refractivity contribution in [3.63, 3.8) is 0 Å². The first-order valence-corrected chi connectivity index (χ1v) is 7.22. The zero-order chi connectivity index (χ0) is 15.8. The maximum Gasteiger partial charge on any atom is 0.356 e. The number of carbonyl (C=O) groups is 1. The molecule has 1 heterocycles. The summed E-state index contributed by atoms with van der Waals surface area (Å²) in [5.41, 5.74) is 1.17. The Balaban J connectivity index is 1.66. The smallest absolute Gasteiger partial charge is 0.356 e. The summed E-state index contributed by atoms with van der Waals surface area (Å²) >= 11 is 0. The summed E-state index contributed by atoms with van der Waals surface area (Å²) in [7, 11) is 2.08. The molecule has 2 rings (SSSR count). The first-order chi connectivity index (χ1) is 10.7. The molecule has 0 radical (unpaired) electrons. The zero-order valence-corrected chi connectivity index (χ0v) is 12.6. The van der Waals surface area contributed by atoms with E-state index in [9.17, 15) is 4.79 Å². The van der Waals surface area contributed by atoms with Crippen molar-refractivity contribution in [3.05, 3.63) is 48.4 Å². The standard InChI is InChI=1S/C16H20N4O2/c1-20(13-7-3-2-4-8-13)10-6-5-9-17-15-12-18-14(11-19-15)16(21)22/h2-4,7-8,11-12H,5-6,9-10H2,1H3,(H,17,19)(H,21,22). The number of rotatable bonds is 8. The van der Waals surface area contributed by atoms with Gasteiger partial charge in [-0.2, -0.15) is 0 Å². The fraction of sp³-hybridized carbons (Fsp3) is 0.312. The van der Waals surface area contributed by atoms with Crippen molar-refractivity contribution in [1.82, 2.24) is 9.97 Å². The third-order valence-electron chi connectivity index (χ3n) is 3.29. The van der Waals surface area contributed by atoms with Gasteiger partial charge in [-0.3, -0.25) is 0 Å². The van der Waals surface area contributed by atoms with Crippen LogP contribution in [0.2, 0.25) is 0 Å². The van der Waals surface area contributed by atoms with E-state index in [2.05, 4.69) is 39.4 Å². The number of para-hydroxylation sites is 1. The average molecular weight is 300 g/mol. The number of benzene rings is 1. The zero-order valence-electron chi connectivity index (χ0n) is 12.6. The number of nitrogens with one attached hydrogen (secondary N) is 1. The van der Waals surface area contributed by atoms with Crippen LogP contribution in [0.15, 0.2) is 42.7 Å². The number of hydrogen-bond donors (Lipinski definition) is 2. The van der Waals surface area contributed by atoms with E-state index in [0.29, 0.717) is 5.82 Å². The SMILES string of the molecule is CN(CCCCNc1cnc(C(=O)O)cn1)c1ccccc1. The van der Waals surface area contributed by atoms with Crippen molar-refractivity contribution in [2.75, 3.05) is 30.4 Å². The summed E-state index contributed by atoms with van der Waals surface area (Å²) in [4.78, 5) is 20.7. The largest absolute Gasteiger partial charge is 0.476 e. The Labute approximate surface area is 129 Å². The van der Waals surface area contributed by atoms with E-state index < -0.39 is 5.97 Å². The van der Waals surface area contributed by atoms with Gasteiger partial charge in [0.15, 0.2) is 5.69 Å². The van der Waals surface area contributed by atoms with Gasteiger partial charge in [0.05, 0.1) is 12.4 Å². The molecule has 116 valence electrons. The average Bonchev–Trinajstić information content (AvgIpc) is 2.55. The molecule has 0 atom stereocenters. The molecule has 2 aromatic rings. The first kappa shape index (κ1) is 15.8. The molecule has 0 unspecified atom stereocenters. The second-order valence-corrected chi connectivity index (χ2v) is 4.98. The molecule has 0 saturated heterocycles. The van der Waals surface area contributed by atoms with Crippen LogP contribution in [0.1, 0.15) is 23.3 Å². The summed E-state index contributed by atoms with van der Waals surface area (Å²) in [5.74, 6) is -0.468. The summed E-state index contributed by atoms with van der Waals surface area (Å²) in [6.45, 7) is 1.76. The minimum absolute atomic E-state index is 0.0463. The number of aromatic nitrogens is 2. The molecule has 6 nitrogen and oxygen atoms in total.